The second kappa shape index (κ2) is 7.77. The van der Waals surface area contributed by atoms with Crippen molar-refractivity contribution in [1.29, 1.82) is 0 Å². The molecule has 4 heterocycles. The second-order valence-corrected chi connectivity index (χ2v) is 6.62. The minimum absolute atomic E-state index is 0.377. The van der Waals surface area contributed by atoms with Crippen molar-refractivity contribution in [2.75, 3.05) is 75.9 Å². The molecule has 0 radical (unpaired) electrons. The molecular formula is C16H26N6O3. The van der Waals surface area contributed by atoms with Gasteiger partial charge in [0.25, 0.3) is 0 Å². The van der Waals surface area contributed by atoms with Gasteiger partial charge in [-0.05, 0) is 0 Å². The van der Waals surface area contributed by atoms with Crippen LogP contribution in [0.25, 0.3) is 0 Å². The monoisotopic (exact) mass is 350 g/mol. The van der Waals surface area contributed by atoms with Gasteiger partial charge in [-0.3, -0.25) is 4.90 Å². The molecule has 9 nitrogen and oxygen atoms in total. The summed E-state index contributed by atoms with van der Waals surface area (Å²) in [6, 6.07) is 0. The third-order valence-electron chi connectivity index (χ3n) is 5.01. The fraction of sp³-hybridized carbons (Fsp3) is 0.812. The quantitative estimate of drug-likeness (QED) is 0.786. The van der Waals surface area contributed by atoms with E-state index in [4.69, 9.17) is 14.2 Å². The zero-order chi connectivity index (χ0) is 17.0. The summed E-state index contributed by atoms with van der Waals surface area (Å²) in [5.74, 6) is 1.06. The van der Waals surface area contributed by atoms with Crippen LogP contribution in [0.2, 0.25) is 0 Å². The Kier molecular flexibility index (Phi) is 5.25. The van der Waals surface area contributed by atoms with Crippen molar-refractivity contribution in [2.24, 2.45) is 0 Å². The van der Waals surface area contributed by atoms with Crippen LogP contribution >= 0.6 is 0 Å². The molecule has 3 aliphatic rings. The van der Waals surface area contributed by atoms with Crippen LogP contribution in [-0.2, 0) is 14.2 Å². The van der Waals surface area contributed by atoms with Crippen molar-refractivity contribution in [3.63, 3.8) is 0 Å². The van der Waals surface area contributed by atoms with Crippen LogP contribution in [0, 0.1) is 0 Å². The summed E-state index contributed by atoms with van der Waals surface area (Å²) >= 11 is 0. The number of nitrogens with zero attached hydrogens (tertiary/aromatic N) is 5. The first-order valence-corrected chi connectivity index (χ1v) is 9.10. The standard InChI is InChI=1S/C16H26N6O3/c1-4-22(5-2-16(1)24-11-12-25-16)15-19-14(13-18-20-15)17-3-6-21-7-9-23-10-8-21/h13H,1-12H2,(H,17,19,20). The summed E-state index contributed by atoms with van der Waals surface area (Å²) in [4.78, 5) is 9.15. The van der Waals surface area contributed by atoms with Crippen LogP contribution < -0.4 is 10.2 Å². The van der Waals surface area contributed by atoms with E-state index in [0.717, 1.165) is 71.1 Å². The highest BCUT2D eigenvalue weighted by molar-refractivity contribution is 5.39. The smallest absolute Gasteiger partial charge is 0.247 e. The van der Waals surface area contributed by atoms with Gasteiger partial charge in [-0.1, -0.05) is 0 Å². The lowest BCUT2D eigenvalue weighted by atomic mass is 10.0. The van der Waals surface area contributed by atoms with E-state index >= 15 is 0 Å². The highest BCUT2D eigenvalue weighted by Gasteiger charge is 2.40. The molecule has 1 N–H and O–H groups in total. The lowest BCUT2D eigenvalue weighted by Gasteiger charge is -2.37. The molecule has 0 aromatic carbocycles. The third kappa shape index (κ3) is 4.17. The predicted molar refractivity (Wildman–Crippen MR) is 91.7 cm³/mol. The maximum atomic E-state index is 5.77. The number of aromatic nitrogens is 3. The van der Waals surface area contributed by atoms with Gasteiger partial charge in [0.2, 0.25) is 5.95 Å². The molecule has 0 amide bonds. The molecule has 0 unspecified atom stereocenters. The van der Waals surface area contributed by atoms with E-state index in [2.05, 4.69) is 30.3 Å². The fourth-order valence-electron chi connectivity index (χ4n) is 3.51. The lowest BCUT2D eigenvalue weighted by molar-refractivity contribution is -0.169. The number of piperidine rings is 1. The molecule has 0 bridgehead atoms. The molecule has 25 heavy (non-hydrogen) atoms. The number of morpholine rings is 1. The van der Waals surface area contributed by atoms with Crippen molar-refractivity contribution < 1.29 is 14.2 Å². The minimum Gasteiger partial charge on any atom is -0.379 e. The average molecular weight is 350 g/mol. The number of nitrogens with one attached hydrogen (secondary N) is 1. The van der Waals surface area contributed by atoms with E-state index in [0.29, 0.717) is 19.2 Å². The minimum atomic E-state index is -0.377. The summed E-state index contributed by atoms with van der Waals surface area (Å²) in [6.45, 7) is 8.47. The van der Waals surface area contributed by atoms with Crippen LogP contribution in [0.15, 0.2) is 6.20 Å². The van der Waals surface area contributed by atoms with Gasteiger partial charge in [-0.2, -0.15) is 10.1 Å². The topological polar surface area (TPSA) is 84.9 Å². The van der Waals surface area contributed by atoms with Crippen LogP contribution in [0.5, 0.6) is 0 Å². The number of hydrogen-bond donors (Lipinski definition) is 1. The van der Waals surface area contributed by atoms with E-state index < -0.39 is 0 Å². The molecule has 1 spiro atoms. The number of anilines is 2. The molecule has 1 aromatic heterocycles. The number of ether oxygens (including phenoxy) is 3. The normalized spacial score (nSPS) is 23.9. The van der Waals surface area contributed by atoms with Gasteiger partial charge in [0.15, 0.2) is 11.6 Å². The SMILES string of the molecule is c1nnc(N2CCC3(CC2)OCCO3)nc1NCCN1CCOCC1. The molecule has 1 aromatic rings. The molecule has 3 aliphatic heterocycles. The Labute approximate surface area is 147 Å². The molecule has 0 aliphatic carbocycles. The Morgan fingerprint density at radius 3 is 2.56 bits per heavy atom. The van der Waals surface area contributed by atoms with E-state index in [-0.39, 0.29) is 5.79 Å². The Morgan fingerprint density at radius 2 is 1.80 bits per heavy atom. The fourth-order valence-corrected chi connectivity index (χ4v) is 3.51. The Hall–Kier alpha value is -1.55. The summed E-state index contributed by atoms with van der Waals surface area (Å²) in [5, 5.41) is 11.6. The number of hydrogen-bond acceptors (Lipinski definition) is 9. The van der Waals surface area contributed by atoms with Gasteiger partial charge in [0.1, 0.15) is 0 Å². The molecule has 0 saturated carbocycles. The highest BCUT2D eigenvalue weighted by Crippen LogP contribution is 2.32. The summed E-state index contributed by atoms with van der Waals surface area (Å²) < 4.78 is 16.9. The molecule has 3 fully saturated rings. The first kappa shape index (κ1) is 16.9. The van der Waals surface area contributed by atoms with Gasteiger partial charge in [-0.25, -0.2) is 0 Å². The number of rotatable bonds is 5. The molecule has 0 atom stereocenters. The summed E-state index contributed by atoms with van der Waals surface area (Å²) in [5.41, 5.74) is 0. The van der Waals surface area contributed by atoms with Crippen LogP contribution in [0.1, 0.15) is 12.8 Å². The zero-order valence-corrected chi connectivity index (χ0v) is 14.5. The first-order valence-electron chi connectivity index (χ1n) is 9.10. The van der Waals surface area contributed by atoms with E-state index in [1.165, 1.54) is 0 Å². The van der Waals surface area contributed by atoms with Crippen LogP contribution in [-0.4, -0.2) is 91.6 Å². The van der Waals surface area contributed by atoms with Gasteiger partial charge >= 0.3 is 0 Å². The van der Waals surface area contributed by atoms with Crippen molar-refractivity contribution in [2.45, 2.75) is 18.6 Å². The largest absolute Gasteiger partial charge is 0.379 e. The maximum Gasteiger partial charge on any atom is 0.247 e. The van der Waals surface area contributed by atoms with Gasteiger partial charge in [0.05, 0.1) is 32.6 Å². The molecule has 138 valence electrons. The van der Waals surface area contributed by atoms with Crippen molar-refractivity contribution in [3.8, 4) is 0 Å². The summed E-state index contributed by atoms with van der Waals surface area (Å²) in [7, 11) is 0. The zero-order valence-electron chi connectivity index (χ0n) is 14.5. The van der Waals surface area contributed by atoms with Crippen molar-refractivity contribution in [3.05, 3.63) is 6.20 Å². The molecule has 3 saturated heterocycles. The van der Waals surface area contributed by atoms with Crippen molar-refractivity contribution in [1.82, 2.24) is 20.1 Å². The first-order chi connectivity index (χ1) is 12.3. The summed E-state index contributed by atoms with van der Waals surface area (Å²) in [6.07, 6.45) is 3.35. The van der Waals surface area contributed by atoms with Gasteiger partial charge in [0, 0.05) is 52.1 Å². The van der Waals surface area contributed by atoms with Crippen LogP contribution in [0.3, 0.4) is 0 Å². The Morgan fingerprint density at radius 1 is 1.04 bits per heavy atom. The predicted octanol–water partition coefficient (Wildman–Crippen LogP) is -0.0410. The highest BCUT2D eigenvalue weighted by atomic mass is 16.7. The van der Waals surface area contributed by atoms with Crippen molar-refractivity contribution >= 4 is 11.8 Å². The van der Waals surface area contributed by atoms with Crippen LogP contribution in [0.4, 0.5) is 11.8 Å². The van der Waals surface area contributed by atoms with E-state index in [9.17, 15) is 0 Å². The molecule has 4 rings (SSSR count). The third-order valence-corrected chi connectivity index (χ3v) is 5.01. The van der Waals surface area contributed by atoms with Gasteiger partial charge in [-0.15, -0.1) is 5.10 Å². The lowest BCUT2D eigenvalue weighted by Crippen LogP contribution is -2.45. The molecular weight excluding hydrogens is 324 g/mol. The maximum absolute atomic E-state index is 5.77. The Bertz CT molecular complexity index is 553. The average Bonchev–Trinajstić information content (AvgIpc) is 3.12. The Balaban J connectivity index is 1.27. The molecule has 9 heteroatoms. The second-order valence-electron chi connectivity index (χ2n) is 6.62. The van der Waals surface area contributed by atoms with E-state index in [1.807, 2.05) is 0 Å². The van der Waals surface area contributed by atoms with E-state index in [1.54, 1.807) is 6.20 Å². The van der Waals surface area contributed by atoms with Gasteiger partial charge < -0.3 is 24.4 Å².